The van der Waals surface area contributed by atoms with Crippen molar-refractivity contribution in [1.29, 1.82) is 0 Å². The lowest BCUT2D eigenvalue weighted by molar-refractivity contribution is -0.101. The average Bonchev–Trinajstić information content (AvgIpc) is 2.88. The molecule has 2 heterocycles. The molecule has 3 atom stereocenters. The van der Waals surface area contributed by atoms with Crippen molar-refractivity contribution in [2.75, 3.05) is 18.1 Å². The van der Waals surface area contributed by atoms with E-state index in [0.29, 0.717) is 5.92 Å². The quantitative estimate of drug-likeness (QED) is 0.803. The first-order valence-corrected chi connectivity index (χ1v) is 9.01. The van der Waals surface area contributed by atoms with Crippen molar-refractivity contribution in [3.05, 3.63) is 11.6 Å². The minimum Gasteiger partial charge on any atom is -0.393 e. The Morgan fingerprint density at radius 1 is 1.47 bits per heavy atom. The van der Waals surface area contributed by atoms with Crippen molar-refractivity contribution in [3.63, 3.8) is 0 Å². The molecule has 2 nitrogen and oxygen atoms in total. The van der Waals surface area contributed by atoms with Crippen LogP contribution in [-0.4, -0.2) is 34.9 Å². The van der Waals surface area contributed by atoms with Gasteiger partial charge in [-0.2, -0.15) is 11.8 Å². The summed E-state index contributed by atoms with van der Waals surface area (Å²) in [6.45, 7) is 0.849. The lowest BCUT2D eigenvalue weighted by atomic mass is 9.80. The van der Waals surface area contributed by atoms with Gasteiger partial charge in [-0.25, -0.2) is 0 Å². The predicted octanol–water partition coefficient (Wildman–Crippen LogP) is 3.54. The van der Waals surface area contributed by atoms with Crippen molar-refractivity contribution in [2.24, 2.45) is 5.92 Å². The van der Waals surface area contributed by atoms with Crippen LogP contribution in [0, 0.1) is 5.92 Å². The Bertz CT molecular complexity index is 334. The third kappa shape index (κ3) is 3.37. The van der Waals surface area contributed by atoms with Crippen LogP contribution in [0.2, 0.25) is 0 Å². The maximum Gasteiger partial charge on any atom is 0.0783 e. The molecule has 3 aliphatic rings. The van der Waals surface area contributed by atoms with Crippen LogP contribution in [0.5, 0.6) is 0 Å². The Hall–Kier alpha value is 0.01000. The standard InChI is InChI=1S/C16H26O2S/c17-15(10-13-4-2-1-3-5-13)14-6-8-18-16(11-14)7-9-19-12-16/h4,14-15,17H,1-3,5-12H2. The van der Waals surface area contributed by atoms with Crippen molar-refractivity contribution in [3.8, 4) is 0 Å². The first-order valence-electron chi connectivity index (χ1n) is 7.85. The van der Waals surface area contributed by atoms with Crippen molar-refractivity contribution in [1.82, 2.24) is 0 Å². The minimum absolute atomic E-state index is 0.107. The van der Waals surface area contributed by atoms with E-state index in [1.807, 2.05) is 11.8 Å². The lowest BCUT2D eigenvalue weighted by Crippen LogP contribution is -2.43. The van der Waals surface area contributed by atoms with Crippen LogP contribution in [0.3, 0.4) is 0 Å². The molecular weight excluding hydrogens is 256 g/mol. The van der Waals surface area contributed by atoms with Crippen LogP contribution in [0.1, 0.15) is 51.4 Å². The summed E-state index contributed by atoms with van der Waals surface area (Å²) in [4.78, 5) is 0. The summed E-state index contributed by atoms with van der Waals surface area (Å²) < 4.78 is 6.05. The number of hydrogen-bond acceptors (Lipinski definition) is 3. The number of hydrogen-bond donors (Lipinski definition) is 1. The fourth-order valence-corrected chi connectivity index (χ4v) is 5.16. The highest BCUT2D eigenvalue weighted by atomic mass is 32.2. The van der Waals surface area contributed by atoms with Gasteiger partial charge in [-0.05, 0) is 63.0 Å². The van der Waals surface area contributed by atoms with Gasteiger partial charge in [-0.3, -0.25) is 0 Å². The van der Waals surface area contributed by atoms with Gasteiger partial charge in [0.15, 0.2) is 0 Å². The fraction of sp³-hybridized carbons (Fsp3) is 0.875. The third-order valence-corrected chi connectivity index (χ3v) is 6.22. The molecule has 108 valence electrons. The topological polar surface area (TPSA) is 29.5 Å². The first-order chi connectivity index (χ1) is 9.27. The van der Waals surface area contributed by atoms with Gasteiger partial charge in [-0.1, -0.05) is 11.6 Å². The normalized spacial score (nSPS) is 37.3. The maximum atomic E-state index is 10.6. The van der Waals surface area contributed by atoms with Crippen LogP contribution in [0.15, 0.2) is 11.6 Å². The zero-order valence-corrected chi connectivity index (χ0v) is 12.6. The van der Waals surface area contributed by atoms with E-state index in [1.54, 1.807) is 0 Å². The zero-order valence-electron chi connectivity index (χ0n) is 11.8. The molecule has 0 bridgehead atoms. The van der Waals surface area contributed by atoms with Crippen molar-refractivity contribution >= 4 is 11.8 Å². The molecule has 19 heavy (non-hydrogen) atoms. The van der Waals surface area contributed by atoms with Crippen LogP contribution < -0.4 is 0 Å². The Balaban J connectivity index is 1.56. The monoisotopic (exact) mass is 282 g/mol. The Morgan fingerprint density at radius 3 is 3.16 bits per heavy atom. The van der Waals surface area contributed by atoms with Crippen molar-refractivity contribution < 1.29 is 9.84 Å². The van der Waals surface area contributed by atoms with E-state index in [-0.39, 0.29) is 11.7 Å². The van der Waals surface area contributed by atoms with Gasteiger partial charge in [0.2, 0.25) is 0 Å². The van der Waals surface area contributed by atoms with Gasteiger partial charge in [0, 0.05) is 12.4 Å². The van der Waals surface area contributed by atoms with E-state index in [0.717, 1.165) is 31.6 Å². The molecular formula is C16H26O2S. The summed E-state index contributed by atoms with van der Waals surface area (Å²) in [5.74, 6) is 2.82. The predicted molar refractivity (Wildman–Crippen MR) is 80.5 cm³/mol. The van der Waals surface area contributed by atoms with Gasteiger partial charge < -0.3 is 9.84 Å². The highest BCUT2D eigenvalue weighted by Gasteiger charge is 2.42. The SMILES string of the molecule is OC(CC1=CCCCC1)C1CCOC2(CCSC2)C1. The second kappa shape index (κ2) is 6.19. The molecule has 0 aromatic carbocycles. The number of allylic oxidation sites excluding steroid dienone is 1. The molecule has 2 fully saturated rings. The molecule has 0 saturated carbocycles. The molecule has 3 heteroatoms. The Labute approximate surface area is 121 Å². The average molecular weight is 282 g/mol. The van der Waals surface area contributed by atoms with E-state index in [4.69, 9.17) is 4.74 Å². The van der Waals surface area contributed by atoms with E-state index in [1.165, 1.54) is 43.4 Å². The van der Waals surface area contributed by atoms with E-state index < -0.39 is 0 Å². The highest BCUT2D eigenvalue weighted by molar-refractivity contribution is 7.99. The van der Waals surface area contributed by atoms with Crippen LogP contribution in [0.25, 0.3) is 0 Å². The molecule has 0 radical (unpaired) electrons. The first kappa shape index (κ1) is 14.0. The molecule has 1 spiro atoms. The highest BCUT2D eigenvalue weighted by Crippen LogP contribution is 2.42. The summed E-state index contributed by atoms with van der Waals surface area (Å²) in [5.41, 5.74) is 1.61. The summed E-state index contributed by atoms with van der Waals surface area (Å²) >= 11 is 2.01. The molecule has 2 saturated heterocycles. The molecule has 0 aromatic heterocycles. The summed E-state index contributed by atoms with van der Waals surface area (Å²) in [5, 5.41) is 10.6. The van der Waals surface area contributed by atoms with Gasteiger partial charge >= 0.3 is 0 Å². The van der Waals surface area contributed by atoms with Crippen LogP contribution in [-0.2, 0) is 4.74 Å². The minimum atomic E-state index is -0.143. The molecule has 1 aliphatic carbocycles. The van der Waals surface area contributed by atoms with Crippen LogP contribution in [0.4, 0.5) is 0 Å². The van der Waals surface area contributed by atoms with Crippen molar-refractivity contribution in [2.45, 2.75) is 63.1 Å². The number of aliphatic hydroxyl groups excluding tert-OH is 1. The van der Waals surface area contributed by atoms with Gasteiger partial charge in [0.1, 0.15) is 0 Å². The second-order valence-electron chi connectivity index (χ2n) is 6.47. The molecule has 1 N–H and O–H groups in total. The summed E-state index contributed by atoms with van der Waals surface area (Å²) in [6.07, 6.45) is 11.5. The fourth-order valence-electron chi connectivity index (χ4n) is 3.78. The van der Waals surface area contributed by atoms with E-state index in [2.05, 4.69) is 6.08 Å². The maximum absolute atomic E-state index is 10.6. The van der Waals surface area contributed by atoms with Gasteiger partial charge in [-0.15, -0.1) is 0 Å². The summed E-state index contributed by atoms with van der Waals surface area (Å²) in [7, 11) is 0. The smallest absolute Gasteiger partial charge is 0.0783 e. The molecule has 3 rings (SSSR count). The van der Waals surface area contributed by atoms with Gasteiger partial charge in [0.05, 0.1) is 11.7 Å². The van der Waals surface area contributed by atoms with E-state index >= 15 is 0 Å². The number of rotatable bonds is 3. The largest absolute Gasteiger partial charge is 0.393 e. The number of ether oxygens (including phenoxy) is 1. The molecule has 2 aliphatic heterocycles. The Morgan fingerprint density at radius 2 is 2.42 bits per heavy atom. The van der Waals surface area contributed by atoms with Gasteiger partial charge in [0.25, 0.3) is 0 Å². The summed E-state index contributed by atoms with van der Waals surface area (Å²) in [6, 6.07) is 0. The third-order valence-electron chi connectivity index (χ3n) is 5.00. The molecule has 0 aromatic rings. The Kier molecular flexibility index (Phi) is 4.55. The zero-order chi connectivity index (χ0) is 13.1. The molecule has 0 amide bonds. The van der Waals surface area contributed by atoms with E-state index in [9.17, 15) is 5.11 Å². The number of aliphatic hydroxyl groups is 1. The second-order valence-corrected chi connectivity index (χ2v) is 7.57. The molecule has 3 unspecified atom stereocenters. The number of thioether (sulfide) groups is 1. The van der Waals surface area contributed by atoms with Crippen LogP contribution >= 0.6 is 11.8 Å². The lowest BCUT2D eigenvalue weighted by Gasteiger charge is -2.39.